The maximum absolute atomic E-state index is 12.7. The normalized spacial score (nSPS) is 40.5. The average molecular weight is 562 g/mol. The molecule has 1 spiro atoms. The van der Waals surface area contributed by atoms with Crippen LogP contribution in [-0.2, 0) is 33.6 Å². The van der Waals surface area contributed by atoms with Crippen LogP contribution < -0.4 is 0 Å². The minimum atomic E-state index is -1.80. The first-order valence-electron chi connectivity index (χ1n) is 13.8. The Labute approximate surface area is 227 Å². The number of fused-ring (bicyclic) bond motifs is 2. The minimum Gasteiger partial charge on any atom is -0.435 e. The molecule has 5 fully saturated rings. The summed E-state index contributed by atoms with van der Waals surface area (Å²) >= 11 is 0. The first-order valence-corrected chi connectivity index (χ1v) is 13.8. The molecule has 2 bridgehead atoms. The molecule has 5 rings (SSSR count). The summed E-state index contributed by atoms with van der Waals surface area (Å²) in [5.41, 5.74) is -0.777. The topological polar surface area (TPSA) is 185 Å². The Balaban J connectivity index is 1.32. The molecule has 0 unspecified atom stereocenters. The summed E-state index contributed by atoms with van der Waals surface area (Å²) in [6.45, 7) is 4.81. The molecule has 1 saturated carbocycles. The number of hydrogen-bond acceptors (Lipinski definition) is 12. The molecule has 5 N–H and O–H groups in total. The number of rotatable bonds is 10. The lowest BCUT2D eigenvalue weighted by Crippen LogP contribution is -2.70. The van der Waals surface area contributed by atoms with E-state index in [2.05, 4.69) is 6.92 Å². The zero-order valence-electron chi connectivity index (χ0n) is 23.0. The van der Waals surface area contributed by atoms with E-state index in [-0.39, 0.29) is 37.1 Å². The molecule has 5 aliphatic rings. The van der Waals surface area contributed by atoms with Gasteiger partial charge < -0.3 is 44.6 Å². The van der Waals surface area contributed by atoms with Crippen LogP contribution >= 0.6 is 0 Å². The Morgan fingerprint density at radius 1 is 1.00 bits per heavy atom. The third-order valence-electron chi connectivity index (χ3n) is 9.10. The largest absolute Gasteiger partial charge is 0.435 e. The average Bonchev–Trinajstić information content (AvgIpc) is 3.14. The van der Waals surface area contributed by atoms with Gasteiger partial charge in [0.05, 0.1) is 13.0 Å². The summed E-state index contributed by atoms with van der Waals surface area (Å²) < 4.78 is 18.2. The van der Waals surface area contributed by atoms with Gasteiger partial charge in [-0.3, -0.25) is 9.59 Å². The van der Waals surface area contributed by atoms with Gasteiger partial charge in [-0.25, -0.2) is 9.78 Å². The van der Waals surface area contributed by atoms with Crippen LogP contribution in [0.2, 0.25) is 0 Å². The predicted molar refractivity (Wildman–Crippen MR) is 131 cm³/mol. The number of carbonyl (C=O) groups is 2. The van der Waals surface area contributed by atoms with Crippen LogP contribution in [0, 0.1) is 23.7 Å². The van der Waals surface area contributed by atoms with Crippen molar-refractivity contribution in [2.45, 2.75) is 108 Å². The smallest absolute Gasteiger partial charge is 0.308 e. The minimum absolute atomic E-state index is 0.0155. The molecular formula is C26H43NO12. The van der Waals surface area contributed by atoms with E-state index in [0.717, 1.165) is 24.2 Å². The van der Waals surface area contributed by atoms with E-state index in [1.54, 1.807) is 0 Å². The second kappa shape index (κ2) is 11.8. The molecule has 0 aromatic heterocycles. The molecule has 12 atom stereocenters. The van der Waals surface area contributed by atoms with Gasteiger partial charge in [0.15, 0.2) is 11.9 Å². The predicted octanol–water partition coefficient (Wildman–Crippen LogP) is -0.588. The van der Waals surface area contributed by atoms with Crippen molar-refractivity contribution < 1.29 is 59.1 Å². The first kappa shape index (κ1) is 30.5. The highest BCUT2D eigenvalue weighted by Crippen LogP contribution is 2.60. The van der Waals surface area contributed by atoms with Crippen molar-refractivity contribution in [3.63, 3.8) is 0 Å². The first-order chi connectivity index (χ1) is 18.3. The van der Waals surface area contributed by atoms with Crippen LogP contribution in [-0.4, -0.2) is 111 Å². The second-order valence-corrected chi connectivity index (χ2v) is 11.8. The van der Waals surface area contributed by atoms with Crippen molar-refractivity contribution in [2.24, 2.45) is 23.7 Å². The van der Waals surface area contributed by atoms with Gasteiger partial charge in [0.2, 0.25) is 18.0 Å². The lowest BCUT2D eigenvalue weighted by atomic mass is 9.58. The summed E-state index contributed by atoms with van der Waals surface area (Å²) in [4.78, 5) is 38.2. The van der Waals surface area contributed by atoms with Crippen molar-refractivity contribution in [2.75, 3.05) is 20.2 Å². The van der Waals surface area contributed by atoms with Gasteiger partial charge in [-0.15, -0.1) is 0 Å². The Morgan fingerprint density at radius 2 is 1.69 bits per heavy atom. The third-order valence-corrected chi connectivity index (χ3v) is 9.10. The number of hydrogen-bond donors (Lipinski definition) is 5. The molecule has 224 valence electrons. The van der Waals surface area contributed by atoms with Crippen LogP contribution in [0.15, 0.2) is 0 Å². The second-order valence-electron chi connectivity index (χ2n) is 11.8. The maximum atomic E-state index is 12.7. The Kier molecular flexibility index (Phi) is 9.26. The fourth-order valence-electron chi connectivity index (χ4n) is 6.65. The highest BCUT2D eigenvalue weighted by atomic mass is 17.3. The number of aliphatic hydroxyl groups is 5. The Hall–Kier alpha value is -1.42. The molecule has 1 aliphatic carbocycles. The van der Waals surface area contributed by atoms with Crippen LogP contribution in [0.4, 0.5) is 0 Å². The van der Waals surface area contributed by atoms with E-state index in [9.17, 15) is 30.0 Å². The van der Waals surface area contributed by atoms with Gasteiger partial charge in [-0.1, -0.05) is 13.8 Å². The van der Waals surface area contributed by atoms with Gasteiger partial charge in [0.1, 0.15) is 24.4 Å². The zero-order valence-corrected chi connectivity index (χ0v) is 23.0. The van der Waals surface area contributed by atoms with Crippen LogP contribution in [0.3, 0.4) is 0 Å². The monoisotopic (exact) mass is 561 g/mol. The van der Waals surface area contributed by atoms with Crippen molar-refractivity contribution in [1.82, 2.24) is 4.90 Å². The number of nitrogens with zero attached hydrogens (tertiary/aromatic N) is 1. The Bertz CT molecular complexity index is 891. The summed E-state index contributed by atoms with van der Waals surface area (Å²) in [5, 5.41) is 48.1. The number of carbonyl (C=O) groups excluding carboxylic acids is 2. The molecule has 0 aromatic carbocycles. The van der Waals surface area contributed by atoms with Crippen molar-refractivity contribution in [3.8, 4) is 0 Å². The summed E-state index contributed by atoms with van der Waals surface area (Å²) in [7, 11) is 1.37. The van der Waals surface area contributed by atoms with Crippen LogP contribution in [0.5, 0.6) is 0 Å². The van der Waals surface area contributed by atoms with Gasteiger partial charge in [0.25, 0.3) is 0 Å². The zero-order chi connectivity index (χ0) is 28.7. The third kappa shape index (κ3) is 5.84. The van der Waals surface area contributed by atoms with Crippen molar-refractivity contribution >= 4 is 11.9 Å². The highest BCUT2D eigenvalue weighted by molar-refractivity contribution is 5.81. The molecule has 0 radical (unpaired) electrons. The van der Waals surface area contributed by atoms with E-state index in [4.69, 9.17) is 29.1 Å². The molecular weight excluding hydrogens is 518 g/mol. The number of aliphatic hydroxyl groups excluding tert-OH is 5. The van der Waals surface area contributed by atoms with Gasteiger partial charge >= 0.3 is 5.97 Å². The molecule has 39 heavy (non-hydrogen) atoms. The molecule has 0 aromatic rings. The quantitative estimate of drug-likeness (QED) is 0.169. The SMILES string of the molecule is C[C@H]1[C@H](OC(=O)CCC(=O)N(C)C[C@H](O)[C@H](O)[C@H](O)[C@@H](O)CO)O[C@@H]2O[C@]3(C)CC[C@H]4[C@H](C)CC[C@H]1[C@@]24OO3. The maximum Gasteiger partial charge on any atom is 0.308 e. The van der Waals surface area contributed by atoms with E-state index in [1.165, 1.54) is 7.05 Å². The molecule has 13 nitrogen and oxygen atoms in total. The number of esters is 1. The van der Waals surface area contributed by atoms with Gasteiger partial charge in [-0.05, 0) is 38.0 Å². The van der Waals surface area contributed by atoms with Crippen LogP contribution in [0.25, 0.3) is 0 Å². The summed E-state index contributed by atoms with van der Waals surface area (Å²) in [6.07, 6.45) is -5.52. The molecule has 4 heterocycles. The molecule has 1 amide bonds. The lowest BCUT2D eigenvalue weighted by Gasteiger charge is -2.59. The highest BCUT2D eigenvalue weighted by Gasteiger charge is 2.69. The summed E-state index contributed by atoms with van der Waals surface area (Å²) in [5.74, 6) is -1.72. The van der Waals surface area contributed by atoms with E-state index >= 15 is 0 Å². The molecule has 4 aliphatic heterocycles. The van der Waals surface area contributed by atoms with Crippen molar-refractivity contribution in [3.05, 3.63) is 0 Å². The number of ether oxygens (including phenoxy) is 3. The van der Waals surface area contributed by atoms with E-state index in [1.807, 2.05) is 13.8 Å². The van der Waals surface area contributed by atoms with Gasteiger partial charge in [-0.2, -0.15) is 0 Å². The fourth-order valence-corrected chi connectivity index (χ4v) is 6.65. The van der Waals surface area contributed by atoms with Crippen LogP contribution in [0.1, 0.15) is 59.3 Å². The molecule has 4 saturated heterocycles. The Morgan fingerprint density at radius 3 is 2.38 bits per heavy atom. The number of amides is 1. The van der Waals surface area contributed by atoms with Gasteiger partial charge in [0, 0.05) is 38.3 Å². The van der Waals surface area contributed by atoms with Crippen molar-refractivity contribution in [1.29, 1.82) is 0 Å². The fraction of sp³-hybridized carbons (Fsp3) is 0.923. The number of likely N-dealkylation sites (N-methyl/N-ethyl adjacent to an activating group) is 1. The van der Waals surface area contributed by atoms with E-state index < -0.39 is 66.9 Å². The lowest BCUT2D eigenvalue weighted by molar-refractivity contribution is -0.576. The molecule has 13 heteroatoms. The standard InChI is InChI=1S/C26H43NO12/c1-13-5-6-16-14(2)23(36-24-26(16)15(13)9-10-25(3,37-24)38-39-26)35-20(32)8-7-19(31)27(4)11-17(29)21(33)22(34)18(30)12-28/h13-18,21-24,28-30,33-34H,5-12H2,1-4H3/t13-,14-,15+,16-,17+,18+,21+,22-,23-,24-,25+,26-/m1/s1. The summed E-state index contributed by atoms with van der Waals surface area (Å²) in [6, 6.07) is 0. The van der Waals surface area contributed by atoms with E-state index in [0.29, 0.717) is 12.3 Å².